The summed E-state index contributed by atoms with van der Waals surface area (Å²) < 4.78 is 15.9. The van der Waals surface area contributed by atoms with Gasteiger partial charge in [0.15, 0.2) is 0 Å². The number of nitrogens with zero attached hydrogens (tertiary/aromatic N) is 2. The molecule has 1 atom stereocenters. The Morgan fingerprint density at radius 2 is 2.10 bits per heavy atom. The lowest BCUT2D eigenvalue weighted by Crippen LogP contribution is -2.17. The summed E-state index contributed by atoms with van der Waals surface area (Å²) in [7, 11) is 0. The van der Waals surface area contributed by atoms with Crippen LogP contribution in [-0.4, -0.2) is 21.1 Å². The summed E-state index contributed by atoms with van der Waals surface area (Å²) in [5, 5.41) is -0.103. The number of hydrogen-bond acceptors (Lipinski definition) is 2. The molecule has 0 bridgehead atoms. The maximum atomic E-state index is 13.8. The SMILES string of the molecule is CC(Cl)c1nc2cc(Cl)c(F)cc2n1C1CCSCC1. The van der Waals surface area contributed by atoms with Crippen LogP contribution in [0.1, 0.15) is 37.0 Å². The third kappa shape index (κ3) is 2.53. The number of rotatable bonds is 2. The molecule has 6 heteroatoms. The Balaban J connectivity index is 2.20. The van der Waals surface area contributed by atoms with Crippen LogP contribution in [0.4, 0.5) is 4.39 Å². The second-order valence-corrected chi connectivity index (χ2v) is 7.34. The summed E-state index contributed by atoms with van der Waals surface area (Å²) in [5.74, 6) is 2.65. The molecule has 1 saturated heterocycles. The number of benzene rings is 1. The summed E-state index contributed by atoms with van der Waals surface area (Å²) in [4.78, 5) is 4.56. The van der Waals surface area contributed by atoms with Gasteiger partial charge in [-0.1, -0.05) is 11.6 Å². The fraction of sp³-hybridized carbons (Fsp3) is 0.500. The van der Waals surface area contributed by atoms with Crippen LogP contribution in [0.25, 0.3) is 11.0 Å². The van der Waals surface area contributed by atoms with Crippen molar-refractivity contribution in [3.63, 3.8) is 0 Å². The molecule has 2 aromatic rings. The van der Waals surface area contributed by atoms with E-state index in [2.05, 4.69) is 9.55 Å². The molecule has 3 rings (SSSR count). The van der Waals surface area contributed by atoms with Crippen LogP contribution in [-0.2, 0) is 0 Å². The predicted octanol–water partition coefficient (Wildman–Crippen LogP) is 5.20. The first-order valence-electron chi connectivity index (χ1n) is 6.66. The van der Waals surface area contributed by atoms with Crippen molar-refractivity contribution < 1.29 is 4.39 Å². The van der Waals surface area contributed by atoms with Gasteiger partial charge < -0.3 is 4.57 Å². The fourth-order valence-corrected chi connectivity index (χ4v) is 4.11. The second kappa shape index (κ2) is 5.74. The third-order valence-electron chi connectivity index (χ3n) is 3.67. The van der Waals surface area contributed by atoms with Gasteiger partial charge >= 0.3 is 0 Å². The first-order valence-corrected chi connectivity index (χ1v) is 8.63. The van der Waals surface area contributed by atoms with Crippen LogP contribution in [0.3, 0.4) is 0 Å². The Kier molecular flexibility index (Phi) is 4.16. The molecule has 0 amide bonds. The van der Waals surface area contributed by atoms with E-state index in [0.29, 0.717) is 6.04 Å². The zero-order valence-corrected chi connectivity index (χ0v) is 13.4. The van der Waals surface area contributed by atoms with Gasteiger partial charge in [0.05, 0.1) is 21.4 Å². The van der Waals surface area contributed by atoms with Crippen LogP contribution < -0.4 is 0 Å². The van der Waals surface area contributed by atoms with E-state index >= 15 is 0 Å². The van der Waals surface area contributed by atoms with Crippen molar-refractivity contribution in [1.82, 2.24) is 9.55 Å². The highest BCUT2D eigenvalue weighted by Crippen LogP contribution is 2.35. The summed E-state index contributed by atoms with van der Waals surface area (Å²) in [6.45, 7) is 1.90. The largest absolute Gasteiger partial charge is 0.323 e. The predicted molar refractivity (Wildman–Crippen MR) is 84.6 cm³/mol. The second-order valence-electron chi connectivity index (χ2n) is 5.05. The minimum Gasteiger partial charge on any atom is -0.323 e. The number of fused-ring (bicyclic) bond motifs is 1. The number of halogens is 3. The van der Waals surface area contributed by atoms with Crippen LogP contribution >= 0.6 is 35.0 Å². The van der Waals surface area contributed by atoms with Crippen molar-refractivity contribution in [2.45, 2.75) is 31.2 Å². The number of aromatic nitrogens is 2. The van der Waals surface area contributed by atoms with Gasteiger partial charge in [0.25, 0.3) is 0 Å². The highest BCUT2D eigenvalue weighted by atomic mass is 35.5. The first kappa shape index (κ1) is 14.5. The Morgan fingerprint density at radius 3 is 2.75 bits per heavy atom. The number of thioether (sulfide) groups is 1. The van der Waals surface area contributed by atoms with Gasteiger partial charge in [0, 0.05) is 12.1 Å². The lowest BCUT2D eigenvalue weighted by Gasteiger charge is -2.26. The Labute approximate surface area is 131 Å². The average molecular weight is 333 g/mol. The third-order valence-corrected chi connectivity index (χ3v) is 5.20. The van der Waals surface area contributed by atoms with Gasteiger partial charge in [0.1, 0.15) is 11.6 Å². The van der Waals surface area contributed by atoms with Crippen LogP contribution in [0.2, 0.25) is 5.02 Å². The van der Waals surface area contributed by atoms with Gasteiger partial charge in [-0.25, -0.2) is 9.37 Å². The minimum absolute atomic E-state index is 0.107. The molecule has 0 saturated carbocycles. The Morgan fingerprint density at radius 1 is 1.40 bits per heavy atom. The number of imidazole rings is 1. The molecule has 1 aliphatic heterocycles. The summed E-state index contributed by atoms with van der Waals surface area (Å²) in [5.41, 5.74) is 1.52. The molecular weight excluding hydrogens is 318 g/mol. The molecule has 0 aliphatic carbocycles. The van der Waals surface area contributed by atoms with E-state index in [0.717, 1.165) is 41.2 Å². The molecule has 20 heavy (non-hydrogen) atoms. The number of alkyl halides is 1. The topological polar surface area (TPSA) is 17.8 Å². The van der Waals surface area contributed by atoms with Crippen LogP contribution in [0.15, 0.2) is 12.1 Å². The van der Waals surface area contributed by atoms with Crippen molar-refractivity contribution >= 4 is 46.0 Å². The maximum absolute atomic E-state index is 13.8. The Hall–Kier alpha value is -0.450. The fourth-order valence-electron chi connectivity index (χ4n) is 2.72. The molecule has 1 aromatic heterocycles. The van der Waals surface area contributed by atoms with Crippen molar-refractivity contribution in [2.75, 3.05) is 11.5 Å². The van der Waals surface area contributed by atoms with E-state index in [1.54, 1.807) is 6.07 Å². The first-order chi connectivity index (χ1) is 9.58. The van der Waals surface area contributed by atoms with Gasteiger partial charge in [-0.3, -0.25) is 0 Å². The summed E-state index contributed by atoms with van der Waals surface area (Å²) in [6.07, 6.45) is 2.13. The molecule has 2 heterocycles. The van der Waals surface area contributed by atoms with Crippen molar-refractivity contribution in [2.24, 2.45) is 0 Å². The van der Waals surface area contributed by atoms with Crippen molar-refractivity contribution in [3.8, 4) is 0 Å². The normalized spacial score (nSPS) is 18.6. The average Bonchev–Trinajstić information content (AvgIpc) is 2.79. The molecule has 0 N–H and O–H groups in total. The van der Waals surface area contributed by atoms with Crippen LogP contribution in [0.5, 0.6) is 0 Å². The molecule has 1 fully saturated rings. The van der Waals surface area contributed by atoms with E-state index in [-0.39, 0.29) is 10.4 Å². The smallest absolute Gasteiger partial charge is 0.144 e. The summed E-state index contributed by atoms with van der Waals surface area (Å²) in [6, 6.07) is 3.41. The highest BCUT2D eigenvalue weighted by molar-refractivity contribution is 7.99. The molecule has 1 unspecified atom stereocenters. The van der Waals surface area contributed by atoms with E-state index in [1.807, 2.05) is 18.7 Å². The van der Waals surface area contributed by atoms with Gasteiger partial charge in [-0.15, -0.1) is 11.6 Å². The van der Waals surface area contributed by atoms with Gasteiger partial charge in [-0.2, -0.15) is 11.8 Å². The highest BCUT2D eigenvalue weighted by Gasteiger charge is 2.24. The van der Waals surface area contributed by atoms with Crippen molar-refractivity contribution in [1.29, 1.82) is 0 Å². The van der Waals surface area contributed by atoms with Gasteiger partial charge in [-0.05, 0) is 37.3 Å². The molecule has 0 radical (unpaired) electrons. The Bertz CT molecular complexity index is 636. The van der Waals surface area contributed by atoms with Gasteiger partial charge in [0.2, 0.25) is 0 Å². The lowest BCUT2D eigenvalue weighted by molar-refractivity contribution is 0.464. The molecule has 2 nitrogen and oxygen atoms in total. The summed E-state index contributed by atoms with van der Waals surface area (Å²) >= 11 is 14.1. The van der Waals surface area contributed by atoms with E-state index in [1.165, 1.54) is 6.07 Å². The maximum Gasteiger partial charge on any atom is 0.144 e. The minimum atomic E-state index is -0.403. The molecule has 108 valence electrons. The molecule has 1 aromatic carbocycles. The van der Waals surface area contributed by atoms with Crippen molar-refractivity contribution in [3.05, 3.63) is 28.8 Å². The van der Waals surface area contributed by atoms with E-state index in [4.69, 9.17) is 23.2 Å². The molecule has 0 spiro atoms. The standard InChI is InChI=1S/C14H15Cl2FN2S/c1-8(15)14-18-12-6-10(16)11(17)7-13(12)19(14)9-2-4-20-5-3-9/h6-9H,2-5H2,1H3. The quantitative estimate of drug-likeness (QED) is 0.703. The molecule has 1 aliphatic rings. The molecular formula is C14H15Cl2FN2S. The van der Waals surface area contributed by atoms with E-state index < -0.39 is 5.82 Å². The monoisotopic (exact) mass is 332 g/mol. The lowest BCUT2D eigenvalue weighted by atomic mass is 10.1. The number of hydrogen-bond donors (Lipinski definition) is 0. The zero-order chi connectivity index (χ0) is 14.3. The van der Waals surface area contributed by atoms with E-state index in [9.17, 15) is 4.39 Å². The van der Waals surface area contributed by atoms with Crippen LogP contribution in [0, 0.1) is 5.82 Å². The zero-order valence-electron chi connectivity index (χ0n) is 11.1.